The summed E-state index contributed by atoms with van der Waals surface area (Å²) in [6.45, 7) is 5.94. The number of hydrogen-bond acceptors (Lipinski definition) is 4. The van der Waals surface area contributed by atoms with Gasteiger partial charge in [0.05, 0.1) is 18.1 Å². The molecule has 0 aromatic rings. The molecule has 0 aromatic carbocycles. The lowest BCUT2D eigenvalue weighted by Crippen LogP contribution is -2.11. The first-order valence-corrected chi connectivity index (χ1v) is 6.64. The summed E-state index contributed by atoms with van der Waals surface area (Å²) in [6.07, 6.45) is 9.33. The van der Waals surface area contributed by atoms with E-state index in [-0.39, 0.29) is 17.6 Å². The first-order chi connectivity index (χ1) is 8.10. The molecule has 0 unspecified atom stereocenters. The van der Waals surface area contributed by atoms with Crippen molar-refractivity contribution in [1.29, 1.82) is 0 Å². The van der Waals surface area contributed by atoms with Crippen LogP contribution in [0.15, 0.2) is 47.9 Å². The first-order valence-electron chi connectivity index (χ1n) is 5.23. The smallest absolute Gasteiger partial charge is 0.297 e. The number of ether oxygens (including phenoxy) is 1. The normalized spacial score (nSPS) is 21.2. The van der Waals surface area contributed by atoms with Crippen LogP contribution in [0.5, 0.6) is 0 Å². The lowest BCUT2D eigenvalue weighted by atomic mass is 10.4. The number of epoxide rings is 1. The van der Waals surface area contributed by atoms with Gasteiger partial charge in [-0.3, -0.25) is 4.18 Å². The maximum absolute atomic E-state index is 11.8. The fraction of sp³-hybridized carbons (Fsp3) is 0.333. The summed E-state index contributed by atoms with van der Waals surface area (Å²) < 4.78 is 33.3. The van der Waals surface area contributed by atoms with Crippen molar-refractivity contribution in [2.75, 3.05) is 13.2 Å². The summed E-state index contributed by atoms with van der Waals surface area (Å²) >= 11 is 0. The molecule has 0 aliphatic carbocycles. The Morgan fingerprint density at radius 2 is 2.24 bits per heavy atom. The largest absolute Gasteiger partial charge is 0.371 e. The summed E-state index contributed by atoms with van der Waals surface area (Å²) in [6, 6.07) is 0. The van der Waals surface area contributed by atoms with Crippen molar-refractivity contribution in [2.24, 2.45) is 0 Å². The molecule has 0 saturated carbocycles. The molecule has 1 atom stereocenters. The van der Waals surface area contributed by atoms with Gasteiger partial charge in [0.15, 0.2) is 0 Å². The Balaban J connectivity index is 2.73. The molecule has 1 fully saturated rings. The van der Waals surface area contributed by atoms with Gasteiger partial charge in [-0.25, -0.2) is 0 Å². The van der Waals surface area contributed by atoms with Crippen molar-refractivity contribution in [3.8, 4) is 0 Å². The molecule has 0 amide bonds. The van der Waals surface area contributed by atoms with Gasteiger partial charge in [0.25, 0.3) is 10.1 Å². The zero-order chi connectivity index (χ0) is 12.7. The fourth-order valence-electron chi connectivity index (χ4n) is 0.998. The molecule has 0 N–H and O–H groups in total. The minimum atomic E-state index is -3.73. The molecule has 1 aliphatic rings. The van der Waals surface area contributed by atoms with Gasteiger partial charge in [0, 0.05) is 0 Å². The lowest BCUT2D eigenvalue weighted by Gasteiger charge is -2.04. The van der Waals surface area contributed by atoms with Crippen molar-refractivity contribution in [3.05, 3.63) is 47.9 Å². The van der Waals surface area contributed by atoms with Crippen LogP contribution < -0.4 is 0 Å². The average molecular weight is 256 g/mol. The van der Waals surface area contributed by atoms with Gasteiger partial charge in [0.2, 0.25) is 0 Å². The Bertz CT molecular complexity index is 439. The van der Waals surface area contributed by atoms with E-state index >= 15 is 0 Å². The minimum Gasteiger partial charge on any atom is -0.371 e. The Hall–Kier alpha value is -1.17. The Kier molecular flexibility index (Phi) is 5.34. The topological polar surface area (TPSA) is 55.9 Å². The highest BCUT2D eigenvalue weighted by Gasteiger charge is 2.26. The van der Waals surface area contributed by atoms with Gasteiger partial charge < -0.3 is 4.74 Å². The van der Waals surface area contributed by atoms with Crippen LogP contribution in [0.1, 0.15) is 6.92 Å². The van der Waals surface area contributed by atoms with Crippen LogP contribution in [0.2, 0.25) is 0 Å². The van der Waals surface area contributed by atoms with Crippen molar-refractivity contribution in [3.63, 3.8) is 0 Å². The molecule has 0 aromatic heterocycles. The van der Waals surface area contributed by atoms with E-state index in [4.69, 9.17) is 8.92 Å². The predicted molar refractivity (Wildman–Crippen MR) is 66.8 cm³/mol. The lowest BCUT2D eigenvalue weighted by molar-refractivity contribution is 0.269. The molecule has 1 rings (SSSR count). The maximum Gasteiger partial charge on any atom is 0.297 e. The number of rotatable bonds is 7. The van der Waals surface area contributed by atoms with Crippen molar-refractivity contribution >= 4 is 10.1 Å². The van der Waals surface area contributed by atoms with Gasteiger partial charge in [-0.15, -0.1) is 0 Å². The quantitative estimate of drug-likeness (QED) is 0.397. The molecule has 0 bridgehead atoms. The van der Waals surface area contributed by atoms with Crippen LogP contribution in [-0.2, 0) is 19.0 Å². The molecule has 0 radical (unpaired) electrons. The summed E-state index contributed by atoms with van der Waals surface area (Å²) in [4.78, 5) is 0.0752. The molecule has 4 nitrogen and oxygen atoms in total. The number of allylic oxidation sites excluding steroid dienone is 6. The van der Waals surface area contributed by atoms with Gasteiger partial charge in [0.1, 0.15) is 6.10 Å². The van der Waals surface area contributed by atoms with E-state index in [0.717, 1.165) is 0 Å². The van der Waals surface area contributed by atoms with Crippen molar-refractivity contribution in [1.82, 2.24) is 0 Å². The van der Waals surface area contributed by atoms with E-state index in [9.17, 15) is 8.42 Å². The molecule has 1 saturated heterocycles. The zero-order valence-electron chi connectivity index (χ0n) is 9.70. The highest BCUT2D eigenvalue weighted by atomic mass is 32.2. The van der Waals surface area contributed by atoms with Gasteiger partial charge >= 0.3 is 0 Å². The van der Waals surface area contributed by atoms with Crippen molar-refractivity contribution < 1.29 is 17.3 Å². The second-order valence-electron chi connectivity index (χ2n) is 3.38. The molecule has 1 heterocycles. The van der Waals surface area contributed by atoms with Gasteiger partial charge in [-0.2, -0.15) is 8.42 Å². The monoisotopic (exact) mass is 256 g/mol. The molecule has 5 heteroatoms. The minimum absolute atomic E-state index is 0.0638. The van der Waals surface area contributed by atoms with Crippen LogP contribution in [0, 0.1) is 0 Å². The Morgan fingerprint density at radius 3 is 2.76 bits per heavy atom. The molecule has 0 spiro atoms. The standard InChI is InChI=1S/C12H16O4S/c1-3-5-6-8-12(7-4-2)17(13,14)16-10-11-9-15-11/h3-8,11H,2,9-10H2,1H3/b5-3-,8-6-,12-7+/t11-/m1/s1. The highest BCUT2D eigenvalue weighted by molar-refractivity contribution is 7.90. The van der Waals surface area contributed by atoms with E-state index in [0.29, 0.717) is 6.61 Å². The third-order valence-electron chi connectivity index (χ3n) is 1.95. The van der Waals surface area contributed by atoms with E-state index in [1.54, 1.807) is 18.2 Å². The third kappa shape index (κ3) is 5.12. The van der Waals surface area contributed by atoms with Crippen LogP contribution in [-0.4, -0.2) is 27.7 Å². The molecular formula is C12H16O4S. The molecule has 17 heavy (non-hydrogen) atoms. The van der Waals surface area contributed by atoms with Crippen LogP contribution in [0.4, 0.5) is 0 Å². The maximum atomic E-state index is 11.8. The molecule has 94 valence electrons. The second kappa shape index (κ2) is 6.54. The Morgan fingerprint density at radius 1 is 1.53 bits per heavy atom. The predicted octanol–water partition coefficient (Wildman–Crippen LogP) is 1.93. The van der Waals surface area contributed by atoms with Gasteiger partial charge in [-0.1, -0.05) is 30.9 Å². The van der Waals surface area contributed by atoms with E-state index in [2.05, 4.69) is 6.58 Å². The van der Waals surface area contributed by atoms with E-state index < -0.39 is 10.1 Å². The SMILES string of the molecule is C=C\C=C(/C=C\C=C/C)S(=O)(=O)OC[C@H]1CO1. The first kappa shape index (κ1) is 13.9. The second-order valence-corrected chi connectivity index (χ2v) is 5.00. The van der Waals surface area contributed by atoms with Crippen LogP contribution in [0.25, 0.3) is 0 Å². The highest BCUT2D eigenvalue weighted by Crippen LogP contribution is 2.16. The van der Waals surface area contributed by atoms with Crippen LogP contribution >= 0.6 is 0 Å². The summed E-state index contributed by atoms with van der Waals surface area (Å²) in [7, 11) is -3.73. The summed E-state index contributed by atoms with van der Waals surface area (Å²) in [5.41, 5.74) is 0. The van der Waals surface area contributed by atoms with Crippen molar-refractivity contribution in [2.45, 2.75) is 13.0 Å². The summed E-state index contributed by atoms with van der Waals surface area (Å²) in [5.74, 6) is 0. The third-order valence-corrected chi connectivity index (χ3v) is 3.24. The molecular weight excluding hydrogens is 240 g/mol. The van der Waals surface area contributed by atoms with Gasteiger partial charge in [-0.05, 0) is 19.1 Å². The summed E-state index contributed by atoms with van der Waals surface area (Å²) in [5, 5.41) is 0. The average Bonchev–Trinajstić information content (AvgIpc) is 3.09. The van der Waals surface area contributed by atoms with E-state index in [1.807, 2.05) is 6.92 Å². The molecule has 1 aliphatic heterocycles. The number of hydrogen-bond donors (Lipinski definition) is 0. The Labute approximate surface area is 102 Å². The fourth-order valence-corrected chi connectivity index (χ4v) is 1.97. The zero-order valence-corrected chi connectivity index (χ0v) is 10.5. The van der Waals surface area contributed by atoms with Crippen LogP contribution in [0.3, 0.4) is 0 Å². The van der Waals surface area contributed by atoms with E-state index in [1.165, 1.54) is 18.2 Å².